The van der Waals surface area contributed by atoms with Crippen molar-refractivity contribution in [3.63, 3.8) is 0 Å². The number of benzene rings is 3. The van der Waals surface area contributed by atoms with Crippen LogP contribution >= 0.6 is 0 Å². The zero-order valence-electron chi connectivity index (χ0n) is 15.6. The number of esters is 1. The molecule has 0 aliphatic rings. The lowest BCUT2D eigenvalue weighted by Gasteiger charge is -2.05. The first kappa shape index (κ1) is 19.4. The Kier molecular flexibility index (Phi) is 6.05. The van der Waals surface area contributed by atoms with Crippen LogP contribution in [0.1, 0.15) is 37.4 Å². The predicted octanol–water partition coefficient (Wildman–Crippen LogP) is 4.00. The van der Waals surface area contributed by atoms with Crippen molar-refractivity contribution in [3.8, 4) is 17.9 Å². The van der Waals surface area contributed by atoms with Gasteiger partial charge in [0.15, 0.2) is 0 Å². The van der Waals surface area contributed by atoms with E-state index < -0.39 is 5.97 Å². The molecule has 0 fully saturated rings. The van der Waals surface area contributed by atoms with Gasteiger partial charge in [-0.3, -0.25) is 4.79 Å². The van der Waals surface area contributed by atoms with Crippen molar-refractivity contribution in [1.29, 1.82) is 5.26 Å². The van der Waals surface area contributed by atoms with E-state index in [9.17, 15) is 9.59 Å². The maximum Gasteiger partial charge on any atom is 0.337 e. The van der Waals surface area contributed by atoms with Crippen molar-refractivity contribution >= 4 is 17.6 Å². The van der Waals surface area contributed by atoms with Crippen molar-refractivity contribution in [2.75, 3.05) is 12.4 Å². The van der Waals surface area contributed by atoms with Crippen LogP contribution in [0.3, 0.4) is 0 Å². The number of carbonyl (C=O) groups is 2. The molecule has 0 heterocycles. The van der Waals surface area contributed by atoms with E-state index in [4.69, 9.17) is 10.00 Å². The van der Waals surface area contributed by atoms with Crippen LogP contribution in [-0.4, -0.2) is 19.0 Å². The largest absolute Gasteiger partial charge is 0.465 e. The molecule has 29 heavy (non-hydrogen) atoms. The molecule has 0 aromatic heterocycles. The van der Waals surface area contributed by atoms with Gasteiger partial charge in [0.05, 0.1) is 24.3 Å². The summed E-state index contributed by atoms with van der Waals surface area (Å²) in [6, 6.07) is 22.4. The highest BCUT2D eigenvalue weighted by molar-refractivity contribution is 6.04. The number of nitriles is 1. The molecular weight excluding hydrogens is 364 g/mol. The molecule has 3 rings (SSSR count). The minimum absolute atomic E-state index is 0.273. The number of carbonyl (C=O) groups excluding carboxylic acids is 2. The van der Waals surface area contributed by atoms with E-state index in [1.807, 2.05) is 12.1 Å². The van der Waals surface area contributed by atoms with E-state index in [2.05, 4.69) is 17.2 Å². The van der Waals surface area contributed by atoms with E-state index in [0.29, 0.717) is 33.5 Å². The van der Waals surface area contributed by atoms with Gasteiger partial charge >= 0.3 is 5.97 Å². The Bertz CT molecular complexity index is 1160. The summed E-state index contributed by atoms with van der Waals surface area (Å²) in [4.78, 5) is 24.0. The number of ether oxygens (including phenoxy) is 1. The molecule has 1 amide bonds. The Morgan fingerprint density at radius 3 is 2.14 bits per heavy atom. The molecule has 5 heteroatoms. The van der Waals surface area contributed by atoms with Gasteiger partial charge in [-0.1, -0.05) is 24.0 Å². The Labute approximate surface area is 168 Å². The number of nitrogens with zero attached hydrogens (tertiary/aromatic N) is 1. The molecule has 1 N–H and O–H groups in total. The molecule has 3 aromatic carbocycles. The first-order valence-corrected chi connectivity index (χ1v) is 8.71. The minimum atomic E-state index is -0.416. The average Bonchev–Trinajstić information content (AvgIpc) is 2.77. The van der Waals surface area contributed by atoms with Gasteiger partial charge < -0.3 is 10.1 Å². The van der Waals surface area contributed by atoms with Crippen LogP contribution in [0, 0.1) is 23.2 Å². The standard InChI is InChI=1S/C24H16N2O3/c1-29-24(28)21-6-2-4-17(14-21)8-9-18-5-3-7-22(15-18)26-23(27)20-12-10-19(16-25)11-13-20/h2-7,10-15H,1H3,(H,26,27). The van der Waals surface area contributed by atoms with Gasteiger partial charge in [-0.05, 0) is 60.7 Å². The number of hydrogen-bond acceptors (Lipinski definition) is 4. The third-order valence-corrected chi connectivity index (χ3v) is 4.03. The molecule has 0 radical (unpaired) electrons. The zero-order valence-corrected chi connectivity index (χ0v) is 15.6. The van der Waals surface area contributed by atoms with E-state index in [-0.39, 0.29) is 5.91 Å². The van der Waals surface area contributed by atoms with Crippen LogP contribution in [0.15, 0.2) is 72.8 Å². The fraction of sp³-hybridized carbons (Fsp3) is 0.0417. The molecule has 0 saturated heterocycles. The number of nitrogens with one attached hydrogen (secondary N) is 1. The van der Waals surface area contributed by atoms with E-state index in [1.165, 1.54) is 7.11 Å². The smallest absolute Gasteiger partial charge is 0.337 e. The van der Waals surface area contributed by atoms with E-state index >= 15 is 0 Å². The second kappa shape index (κ2) is 9.03. The van der Waals surface area contributed by atoms with Gasteiger partial charge in [0.1, 0.15) is 0 Å². The molecule has 5 nitrogen and oxygen atoms in total. The summed E-state index contributed by atoms with van der Waals surface area (Å²) in [5.74, 6) is 5.34. The van der Waals surface area contributed by atoms with Crippen molar-refractivity contribution in [1.82, 2.24) is 0 Å². The molecule has 0 spiro atoms. The molecule has 0 aliphatic carbocycles. The second-order valence-electron chi connectivity index (χ2n) is 6.05. The Balaban J connectivity index is 1.75. The quantitative estimate of drug-likeness (QED) is 0.550. The number of hydrogen-bond donors (Lipinski definition) is 1. The molecule has 0 bridgehead atoms. The van der Waals surface area contributed by atoms with Crippen LogP contribution in [0.25, 0.3) is 0 Å². The van der Waals surface area contributed by atoms with Crippen LogP contribution < -0.4 is 5.32 Å². The SMILES string of the molecule is COC(=O)c1cccc(C#Cc2cccc(NC(=O)c3ccc(C#N)cc3)c2)c1. The highest BCUT2D eigenvalue weighted by atomic mass is 16.5. The monoisotopic (exact) mass is 380 g/mol. The summed E-state index contributed by atoms with van der Waals surface area (Å²) in [7, 11) is 1.33. The van der Waals surface area contributed by atoms with Crippen molar-refractivity contribution in [2.24, 2.45) is 0 Å². The van der Waals surface area contributed by atoms with Crippen LogP contribution in [0.2, 0.25) is 0 Å². The lowest BCUT2D eigenvalue weighted by atomic mass is 10.1. The number of anilines is 1. The first-order valence-electron chi connectivity index (χ1n) is 8.71. The normalized spacial score (nSPS) is 9.52. The fourth-order valence-electron chi connectivity index (χ4n) is 2.56. The predicted molar refractivity (Wildman–Crippen MR) is 109 cm³/mol. The zero-order chi connectivity index (χ0) is 20.6. The van der Waals surface area contributed by atoms with Gasteiger partial charge in [-0.25, -0.2) is 4.79 Å². The summed E-state index contributed by atoms with van der Waals surface area (Å²) in [5, 5.41) is 11.6. The Hall–Kier alpha value is -4.35. The molecule has 0 saturated carbocycles. The summed E-state index contributed by atoms with van der Waals surface area (Å²) >= 11 is 0. The van der Waals surface area contributed by atoms with Gasteiger partial charge in [0, 0.05) is 22.4 Å². The second-order valence-corrected chi connectivity index (χ2v) is 6.05. The van der Waals surface area contributed by atoms with Crippen molar-refractivity contribution < 1.29 is 14.3 Å². The summed E-state index contributed by atoms with van der Waals surface area (Å²) in [6.07, 6.45) is 0. The maximum absolute atomic E-state index is 12.4. The number of rotatable bonds is 3. The first-order chi connectivity index (χ1) is 14.1. The molecule has 0 atom stereocenters. The molecular formula is C24H16N2O3. The molecule has 0 aliphatic heterocycles. The van der Waals surface area contributed by atoms with E-state index in [1.54, 1.807) is 66.7 Å². The van der Waals surface area contributed by atoms with Crippen molar-refractivity contribution in [3.05, 3.63) is 101 Å². The van der Waals surface area contributed by atoms with Gasteiger partial charge in [-0.15, -0.1) is 0 Å². The third-order valence-electron chi connectivity index (χ3n) is 4.03. The van der Waals surface area contributed by atoms with Gasteiger partial charge in [0.2, 0.25) is 0 Å². The summed E-state index contributed by atoms with van der Waals surface area (Å²) in [5.41, 5.74) is 3.39. The molecule has 140 valence electrons. The Morgan fingerprint density at radius 2 is 1.48 bits per heavy atom. The number of methoxy groups -OCH3 is 1. The minimum Gasteiger partial charge on any atom is -0.465 e. The summed E-state index contributed by atoms with van der Waals surface area (Å²) in [6.45, 7) is 0. The van der Waals surface area contributed by atoms with Gasteiger partial charge in [-0.2, -0.15) is 5.26 Å². The molecule has 3 aromatic rings. The Morgan fingerprint density at radius 1 is 0.828 bits per heavy atom. The maximum atomic E-state index is 12.4. The summed E-state index contributed by atoms with van der Waals surface area (Å²) < 4.78 is 4.71. The highest BCUT2D eigenvalue weighted by Gasteiger charge is 2.07. The van der Waals surface area contributed by atoms with Crippen LogP contribution in [-0.2, 0) is 4.74 Å². The molecule has 0 unspecified atom stereocenters. The van der Waals surface area contributed by atoms with E-state index in [0.717, 1.165) is 0 Å². The van der Waals surface area contributed by atoms with Gasteiger partial charge in [0.25, 0.3) is 5.91 Å². The third kappa shape index (κ3) is 5.09. The van der Waals surface area contributed by atoms with Crippen LogP contribution in [0.5, 0.6) is 0 Å². The van der Waals surface area contributed by atoms with Crippen LogP contribution in [0.4, 0.5) is 5.69 Å². The topological polar surface area (TPSA) is 79.2 Å². The lowest BCUT2D eigenvalue weighted by molar-refractivity contribution is 0.0600. The van der Waals surface area contributed by atoms with Crippen molar-refractivity contribution in [2.45, 2.75) is 0 Å². The highest BCUT2D eigenvalue weighted by Crippen LogP contribution is 2.13. The number of amides is 1. The lowest BCUT2D eigenvalue weighted by Crippen LogP contribution is -2.11. The fourth-order valence-corrected chi connectivity index (χ4v) is 2.56. The average molecular weight is 380 g/mol.